The number of piperidine rings is 1. The van der Waals surface area contributed by atoms with Crippen LogP contribution in [0.25, 0.3) is 10.8 Å². The van der Waals surface area contributed by atoms with Crippen molar-refractivity contribution in [3.05, 3.63) is 48.0 Å². The number of likely N-dealkylation sites (tertiary alicyclic amines) is 1. The molecule has 0 unspecified atom stereocenters. The first kappa shape index (κ1) is 14.6. The van der Waals surface area contributed by atoms with Crippen molar-refractivity contribution in [2.75, 3.05) is 19.7 Å². The van der Waals surface area contributed by atoms with Gasteiger partial charge in [0.15, 0.2) is 6.61 Å². The Kier molecular flexibility index (Phi) is 4.37. The molecule has 0 aliphatic carbocycles. The second-order valence-corrected chi connectivity index (χ2v) is 5.58. The van der Waals surface area contributed by atoms with Gasteiger partial charge in [0, 0.05) is 13.1 Å². The van der Waals surface area contributed by atoms with Crippen LogP contribution >= 0.6 is 0 Å². The predicted octanol–water partition coefficient (Wildman–Crippen LogP) is 3.01. The zero-order valence-electron chi connectivity index (χ0n) is 12.5. The van der Waals surface area contributed by atoms with Crippen LogP contribution in [-0.4, -0.2) is 36.5 Å². The van der Waals surface area contributed by atoms with Crippen LogP contribution in [0.2, 0.25) is 0 Å². The number of nitrogens with zero attached hydrogens (tertiary/aromatic N) is 1. The van der Waals surface area contributed by atoms with Crippen molar-refractivity contribution >= 4 is 22.6 Å². The first-order chi connectivity index (χ1) is 10.7. The van der Waals surface area contributed by atoms with Gasteiger partial charge in [0.05, 0.1) is 5.56 Å². The summed E-state index contributed by atoms with van der Waals surface area (Å²) < 4.78 is 5.16. The first-order valence-electron chi connectivity index (χ1n) is 7.68. The molecule has 0 spiro atoms. The van der Waals surface area contributed by atoms with E-state index in [4.69, 9.17) is 4.74 Å². The highest BCUT2D eigenvalue weighted by atomic mass is 16.5. The van der Waals surface area contributed by atoms with Crippen molar-refractivity contribution in [2.45, 2.75) is 19.3 Å². The molecule has 0 bridgehead atoms. The van der Waals surface area contributed by atoms with Crippen LogP contribution < -0.4 is 0 Å². The average Bonchev–Trinajstić information content (AvgIpc) is 2.59. The van der Waals surface area contributed by atoms with Gasteiger partial charge in [-0.15, -0.1) is 0 Å². The zero-order valence-corrected chi connectivity index (χ0v) is 12.5. The maximum Gasteiger partial charge on any atom is 0.338 e. The van der Waals surface area contributed by atoms with E-state index in [1.165, 1.54) is 6.42 Å². The molecule has 22 heavy (non-hydrogen) atoms. The van der Waals surface area contributed by atoms with Crippen LogP contribution in [0.1, 0.15) is 29.6 Å². The first-order valence-corrected chi connectivity index (χ1v) is 7.68. The Hall–Kier alpha value is -2.36. The second-order valence-electron chi connectivity index (χ2n) is 5.58. The summed E-state index contributed by atoms with van der Waals surface area (Å²) in [5.41, 5.74) is 0.477. The maximum atomic E-state index is 12.1. The van der Waals surface area contributed by atoms with Crippen molar-refractivity contribution in [1.29, 1.82) is 0 Å². The van der Waals surface area contributed by atoms with Crippen LogP contribution in [0.3, 0.4) is 0 Å². The third-order valence-electron chi connectivity index (χ3n) is 4.02. The Labute approximate surface area is 129 Å². The van der Waals surface area contributed by atoms with E-state index in [-0.39, 0.29) is 12.5 Å². The molecule has 1 heterocycles. The van der Waals surface area contributed by atoms with Gasteiger partial charge in [-0.3, -0.25) is 4.79 Å². The van der Waals surface area contributed by atoms with Crippen molar-refractivity contribution < 1.29 is 14.3 Å². The second kappa shape index (κ2) is 6.60. The van der Waals surface area contributed by atoms with Crippen LogP contribution in [0.15, 0.2) is 42.5 Å². The monoisotopic (exact) mass is 297 g/mol. The average molecular weight is 297 g/mol. The van der Waals surface area contributed by atoms with Gasteiger partial charge < -0.3 is 9.64 Å². The summed E-state index contributed by atoms with van der Waals surface area (Å²) in [7, 11) is 0. The molecule has 4 nitrogen and oxygen atoms in total. The molecular formula is C18H19NO3. The van der Waals surface area contributed by atoms with Crippen molar-refractivity contribution in [3.8, 4) is 0 Å². The van der Waals surface area contributed by atoms with Gasteiger partial charge in [-0.2, -0.15) is 0 Å². The smallest absolute Gasteiger partial charge is 0.338 e. The zero-order chi connectivity index (χ0) is 15.4. The fourth-order valence-electron chi connectivity index (χ4n) is 2.76. The third kappa shape index (κ3) is 3.27. The summed E-state index contributed by atoms with van der Waals surface area (Å²) in [5.74, 6) is -0.551. The molecular weight excluding hydrogens is 278 g/mol. The molecule has 3 rings (SSSR count). The largest absolute Gasteiger partial charge is 0.452 e. The van der Waals surface area contributed by atoms with E-state index in [1.54, 1.807) is 17.0 Å². The number of carbonyl (C=O) groups excluding carboxylic acids is 2. The SMILES string of the molecule is O=C(OCC(=O)N1CCCCC1)c1ccc2ccccc2c1. The van der Waals surface area contributed by atoms with Crippen molar-refractivity contribution in [3.63, 3.8) is 0 Å². The van der Waals surface area contributed by atoms with E-state index in [0.717, 1.165) is 36.7 Å². The molecule has 1 saturated heterocycles. The molecule has 4 heteroatoms. The summed E-state index contributed by atoms with van der Waals surface area (Å²) in [6, 6.07) is 13.2. The molecule has 1 amide bonds. The van der Waals surface area contributed by atoms with E-state index in [1.807, 2.05) is 30.3 Å². The number of amides is 1. The minimum Gasteiger partial charge on any atom is -0.452 e. The number of fused-ring (bicyclic) bond motifs is 1. The lowest BCUT2D eigenvalue weighted by Crippen LogP contribution is -2.38. The Morgan fingerprint density at radius 2 is 1.68 bits per heavy atom. The highest BCUT2D eigenvalue weighted by Gasteiger charge is 2.18. The number of rotatable bonds is 3. The number of ether oxygens (including phenoxy) is 1. The number of benzene rings is 2. The highest BCUT2D eigenvalue weighted by Crippen LogP contribution is 2.16. The molecule has 1 fully saturated rings. The fourth-order valence-corrected chi connectivity index (χ4v) is 2.76. The number of hydrogen-bond acceptors (Lipinski definition) is 3. The maximum absolute atomic E-state index is 12.1. The Morgan fingerprint density at radius 1 is 0.955 bits per heavy atom. The summed E-state index contributed by atoms with van der Waals surface area (Å²) >= 11 is 0. The van der Waals surface area contributed by atoms with Crippen molar-refractivity contribution in [2.24, 2.45) is 0 Å². The van der Waals surface area contributed by atoms with E-state index in [0.29, 0.717) is 5.56 Å². The molecule has 1 aliphatic rings. The highest BCUT2D eigenvalue weighted by molar-refractivity contribution is 5.96. The summed E-state index contributed by atoms with van der Waals surface area (Å²) in [4.78, 5) is 25.9. The van der Waals surface area contributed by atoms with Crippen LogP contribution in [0.4, 0.5) is 0 Å². The van der Waals surface area contributed by atoms with E-state index in [9.17, 15) is 9.59 Å². The van der Waals surface area contributed by atoms with Gasteiger partial charge in [0.2, 0.25) is 0 Å². The molecule has 0 saturated carbocycles. The van der Waals surface area contributed by atoms with E-state index in [2.05, 4.69) is 0 Å². The van der Waals surface area contributed by atoms with Crippen LogP contribution in [-0.2, 0) is 9.53 Å². The number of carbonyl (C=O) groups is 2. The molecule has 2 aromatic rings. The molecule has 0 atom stereocenters. The molecule has 0 radical (unpaired) electrons. The lowest BCUT2D eigenvalue weighted by molar-refractivity contribution is -0.135. The minimum absolute atomic E-state index is 0.103. The standard InChI is InChI=1S/C18H19NO3/c20-17(19-10-4-1-5-11-19)13-22-18(21)16-9-8-14-6-2-3-7-15(14)12-16/h2-3,6-9,12H,1,4-5,10-11,13H2. The molecule has 0 N–H and O–H groups in total. The van der Waals surface area contributed by atoms with E-state index < -0.39 is 5.97 Å². The third-order valence-corrected chi connectivity index (χ3v) is 4.02. The predicted molar refractivity (Wildman–Crippen MR) is 84.7 cm³/mol. The molecule has 114 valence electrons. The van der Waals surface area contributed by atoms with Gasteiger partial charge in [0.1, 0.15) is 0 Å². The summed E-state index contributed by atoms with van der Waals surface area (Å²) in [5, 5.41) is 2.06. The van der Waals surface area contributed by atoms with Crippen LogP contribution in [0, 0.1) is 0 Å². The quantitative estimate of drug-likeness (QED) is 0.818. The Morgan fingerprint density at radius 3 is 2.45 bits per heavy atom. The van der Waals surface area contributed by atoms with E-state index >= 15 is 0 Å². The van der Waals surface area contributed by atoms with Gasteiger partial charge in [-0.1, -0.05) is 30.3 Å². The lowest BCUT2D eigenvalue weighted by Gasteiger charge is -2.26. The minimum atomic E-state index is -0.448. The van der Waals surface area contributed by atoms with Gasteiger partial charge >= 0.3 is 5.97 Å². The molecule has 1 aliphatic heterocycles. The Balaban J connectivity index is 1.61. The molecule has 2 aromatic carbocycles. The summed E-state index contributed by atoms with van der Waals surface area (Å²) in [6.45, 7) is 1.37. The van der Waals surface area contributed by atoms with Gasteiger partial charge in [0.25, 0.3) is 5.91 Å². The number of hydrogen-bond donors (Lipinski definition) is 0. The topological polar surface area (TPSA) is 46.6 Å². The van der Waals surface area contributed by atoms with Crippen LogP contribution in [0.5, 0.6) is 0 Å². The molecule has 0 aromatic heterocycles. The van der Waals surface area contributed by atoms with Crippen molar-refractivity contribution in [1.82, 2.24) is 4.90 Å². The lowest BCUT2D eigenvalue weighted by atomic mass is 10.1. The summed E-state index contributed by atoms with van der Waals surface area (Å²) in [6.07, 6.45) is 3.23. The normalized spacial score (nSPS) is 14.8. The Bertz CT molecular complexity index is 690. The fraction of sp³-hybridized carbons (Fsp3) is 0.333. The number of esters is 1. The van der Waals surface area contributed by atoms with Gasteiger partial charge in [-0.25, -0.2) is 4.79 Å². The van der Waals surface area contributed by atoms with Gasteiger partial charge in [-0.05, 0) is 42.2 Å².